The Morgan fingerprint density at radius 2 is 1.95 bits per heavy atom. The highest BCUT2D eigenvalue weighted by molar-refractivity contribution is 6.30. The average Bonchev–Trinajstić information content (AvgIpc) is 2.48. The maximum atomic E-state index is 11.7. The summed E-state index contributed by atoms with van der Waals surface area (Å²) in [7, 11) is 0. The first kappa shape index (κ1) is 15.4. The molecule has 0 amide bonds. The number of esters is 1. The summed E-state index contributed by atoms with van der Waals surface area (Å²) in [5.74, 6) is -0.305. The van der Waals surface area contributed by atoms with E-state index in [4.69, 9.17) is 16.3 Å². The number of halogens is 1. The molecule has 0 saturated heterocycles. The number of ether oxygens (including phenoxy) is 1. The number of hydrogen-bond acceptors (Lipinski definition) is 3. The van der Waals surface area contributed by atoms with Gasteiger partial charge in [0.1, 0.15) is 0 Å². The van der Waals surface area contributed by atoms with Crippen LogP contribution < -0.4 is 5.32 Å². The second-order valence-corrected chi connectivity index (χ2v) is 5.16. The highest BCUT2D eigenvalue weighted by Crippen LogP contribution is 2.21. The second kappa shape index (κ2) is 7.14. The van der Waals surface area contributed by atoms with E-state index in [1.807, 2.05) is 36.4 Å². The van der Waals surface area contributed by atoms with Gasteiger partial charge in [-0.1, -0.05) is 29.8 Å². The van der Waals surface area contributed by atoms with Crippen LogP contribution in [0.5, 0.6) is 0 Å². The van der Waals surface area contributed by atoms with Crippen LogP contribution in [0, 0.1) is 0 Å². The Bertz CT molecular complexity index is 610. The molecule has 0 bridgehead atoms. The van der Waals surface area contributed by atoms with E-state index in [1.165, 1.54) is 0 Å². The fourth-order valence-electron chi connectivity index (χ4n) is 2.04. The first-order chi connectivity index (χ1) is 10.1. The standard InChI is InChI=1S/C17H18ClNO2/c1-3-21-17(20)14-5-4-6-16(11-14)19-12(2)13-7-9-15(18)10-8-13/h4-12,19H,3H2,1-2H3. The van der Waals surface area contributed by atoms with Gasteiger partial charge < -0.3 is 10.1 Å². The number of carbonyl (C=O) groups is 1. The van der Waals surface area contributed by atoms with Crippen molar-refractivity contribution < 1.29 is 9.53 Å². The molecule has 2 aromatic carbocycles. The van der Waals surface area contributed by atoms with Crippen molar-refractivity contribution in [2.24, 2.45) is 0 Å². The lowest BCUT2D eigenvalue weighted by atomic mass is 10.1. The summed E-state index contributed by atoms with van der Waals surface area (Å²) in [5.41, 5.74) is 2.55. The van der Waals surface area contributed by atoms with Crippen molar-refractivity contribution in [2.75, 3.05) is 11.9 Å². The molecule has 110 valence electrons. The molecular weight excluding hydrogens is 286 g/mol. The van der Waals surface area contributed by atoms with Gasteiger partial charge in [0.15, 0.2) is 0 Å². The Balaban J connectivity index is 2.10. The Kier molecular flexibility index (Phi) is 5.23. The van der Waals surface area contributed by atoms with Crippen molar-refractivity contribution in [1.82, 2.24) is 0 Å². The Morgan fingerprint density at radius 1 is 1.24 bits per heavy atom. The maximum Gasteiger partial charge on any atom is 0.338 e. The fourth-order valence-corrected chi connectivity index (χ4v) is 2.16. The lowest BCUT2D eigenvalue weighted by Crippen LogP contribution is -2.08. The lowest BCUT2D eigenvalue weighted by molar-refractivity contribution is 0.0526. The summed E-state index contributed by atoms with van der Waals surface area (Å²) >= 11 is 5.89. The number of carbonyl (C=O) groups excluding carboxylic acids is 1. The SMILES string of the molecule is CCOC(=O)c1cccc(NC(C)c2ccc(Cl)cc2)c1. The Hall–Kier alpha value is -2.00. The monoisotopic (exact) mass is 303 g/mol. The van der Waals surface area contributed by atoms with Crippen LogP contribution in [0.3, 0.4) is 0 Å². The topological polar surface area (TPSA) is 38.3 Å². The molecule has 0 fully saturated rings. The quantitative estimate of drug-likeness (QED) is 0.814. The lowest BCUT2D eigenvalue weighted by Gasteiger charge is -2.16. The Morgan fingerprint density at radius 3 is 2.62 bits per heavy atom. The van der Waals surface area contributed by atoms with Crippen molar-refractivity contribution in [1.29, 1.82) is 0 Å². The predicted molar refractivity (Wildman–Crippen MR) is 85.9 cm³/mol. The van der Waals surface area contributed by atoms with Crippen LogP contribution in [0.25, 0.3) is 0 Å². The van der Waals surface area contributed by atoms with Gasteiger partial charge in [-0.3, -0.25) is 0 Å². The zero-order chi connectivity index (χ0) is 15.2. The van der Waals surface area contributed by atoms with Crippen LogP contribution in [0.15, 0.2) is 48.5 Å². The molecule has 0 spiro atoms. The minimum atomic E-state index is -0.305. The molecule has 0 aliphatic carbocycles. The van der Waals surface area contributed by atoms with Crippen molar-refractivity contribution in [3.8, 4) is 0 Å². The normalized spacial score (nSPS) is 11.8. The van der Waals surface area contributed by atoms with Gasteiger partial charge in [0.2, 0.25) is 0 Å². The van der Waals surface area contributed by atoms with Crippen LogP contribution in [0.4, 0.5) is 5.69 Å². The van der Waals surface area contributed by atoms with Crippen molar-refractivity contribution in [2.45, 2.75) is 19.9 Å². The van der Waals surface area contributed by atoms with Crippen LogP contribution in [-0.4, -0.2) is 12.6 Å². The van der Waals surface area contributed by atoms with Crippen molar-refractivity contribution in [3.63, 3.8) is 0 Å². The molecule has 21 heavy (non-hydrogen) atoms. The molecule has 0 saturated carbocycles. The molecule has 4 heteroatoms. The number of benzene rings is 2. The molecular formula is C17H18ClNO2. The number of nitrogens with one attached hydrogen (secondary N) is 1. The number of anilines is 1. The fraction of sp³-hybridized carbons (Fsp3) is 0.235. The van der Waals surface area contributed by atoms with Crippen LogP contribution >= 0.6 is 11.6 Å². The summed E-state index contributed by atoms with van der Waals surface area (Å²) in [4.78, 5) is 11.7. The highest BCUT2D eigenvalue weighted by atomic mass is 35.5. The second-order valence-electron chi connectivity index (χ2n) is 4.72. The van der Waals surface area contributed by atoms with Crippen LogP contribution in [0.2, 0.25) is 5.02 Å². The first-order valence-corrected chi connectivity index (χ1v) is 7.27. The highest BCUT2D eigenvalue weighted by Gasteiger charge is 2.09. The van der Waals surface area contributed by atoms with Gasteiger partial charge in [0.25, 0.3) is 0 Å². The first-order valence-electron chi connectivity index (χ1n) is 6.89. The van der Waals surface area contributed by atoms with E-state index in [0.717, 1.165) is 16.3 Å². The van der Waals surface area contributed by atoms with E-state index in [0.29, 0.717) is 12.2 Å². The zero-order valence-electron chi connectivity index (χ0n) is 12.1. The van der Waals surface area contributed by atoms with Crippen LogP contribution in [-0.2, 0) is 4.74 Å². The third-order valence-corrected chi connectivity index (χ3v) is 3.38. The third kappa shape index (κ3) is 4.23. The van der Waals surface area contributed by atoms with Gasteiger partial charge in [0, 0.05) is 16.8 Å². The smallest absolute Gasteiger partial charge is 0.338 e. The molecule has 1 unspecified atom stereocenters. The minimum Gasteiger partial charge on any atom is -0.462 e. The molecule has 1 N–H and O–H groups in total. The molecule has 0 aliphatic rings. The molecule has 3 nitrogen and oxygen atoms in total. The number of rotatable bonds is 5. The largest absolute Gasteiger partial charge is 0.462 e. The Labute approximate surface area is 129 Å². The summed E-state index contributed by atoms with van der Waals surface area (Å²) in [6.07, 6.45) is 0. The van der Waals surface area contributed by atoms with E-state index < -0.39 is 0 Å². The van der Waals surface area contributed by atoms with Crippen LogP contribution in [0.1, 0.15) is 35.8 Å². The minimum absolute atomic E-state index is 0.111. The van der Waals surface area contributed by atoms with E-state index in [1.54, 1.807) is 19.1 Å². The van der Waals surface area contributed by atoms with Gasteiger partial charge in [-0.2, -0.15) is 0 Å². The maximum absolute atomic E-state index is 11.7. The molecule has 1 atom stereocenters. The molecule has 2 aromatic rings. The molecule has 0 radical (unpaired) electrons. The average molecular weight is 304 g/mol. The summed E-state index contributed by atoms with van der Waals surface area (Å²) < 4.78 is 5.00. The van der Waals surface area contributed by atoms with Gasteiger partial charge in [0.05, 0.1) is 12.2 Å². The van der Waals surface area contributed by atoms with E-state index >= 15 is 0 Å². The predicted octanol–water partition coefficient (Wildman–Crippen LogP) is 4.69. The summed E-state index contributed by atoms with van der Waals surface area (Å²) in [5, 5.41) is 4.08. The van der Waals surface area contributed by atoms with Crippen molar-refractivity contribution >= 4 is 23.3 Å². The van der Waals surface area contributed by atoms with E-state index in [2.05, 4.69) is 12.2 Å². The van der Waals surface area contributed by atoms with Gasteiger partial charge in [-0.05, 0) is 49.7 Å². The molecule has 0 aliphatic heterocycles. The third-order valence-electron chi connectivity index (χ3n) is 3.13. The summed E-state index contributed by atoms with van der Waals surface area (Å²) in [6.45, 7) is 4.22. The zero-order valence-corrected chi connectivity index (χ0v) is 12.9. The molecule has 2 rings (SSSR count). The molecule has 0 heterocycles. The van der Waals surface area contributed by atoms with Gasteiger partial charge in [-0.25, -0.2) is 4.79 Å². The van der Waals surface area contributed by atoms with Gasteiger partial charge in [-0.15, -0.1) is 0 Å². The van der Waals surface area contributed by atoms with Gasteiger partial charge >= 0.3 is 5.97 Å². The van der Waals surface area contributed by atoms with E-state index in [-0.39, 0.29) is 12.0 Å². The summed E-state index contributed by atoms with van der Waals surface area (Å²) in [6, 6.07) is 15.1. The van der Waals surface area contributed by atoms with Crippen molar-refractivity contribution in [3.05, 3.63) is 64.7 Å². The number of hydrogen-bond donors (Lipinski definition) is 1. The van der Waals surface area contributed by atoms with E-state index in [9.17, 15) is 4.79 Å². The molecule has 0 aromatic heterocycles.